The molecule has 0 atom stereocenters. The summed E-state index contributed by atoms with van der Waals surface area (Å²) in [5.74, 6) is 0.621. The minimum Gasteiger partial charge on any atom is -0.378 e. The smallest absolute Gasteiger partial charge is 0.378 e. The molecule has 6 nitrogen and oxygen atoms in total. The number of piperidine rings is 1. The second-order valence-corrected chi connectivity index (χ2v) is 7.48. The summed E-state index contributed by atoms with van der Waals surface area (Å²) in [6.45, 7) is 6.53. The second-order valence-electron chi connectivity index (χ2n) is 7.48. The van der Waals surface area contributed by atoms with Crippen molar-refractivity contribution >= 4 is 11.6 Å². The third kappa shape index (κ3) is 5.78. The number of guanidine groups is 1. The Morgan fingerprint density at radius 3 is 2.50 bits per heavy atom. The maximum Gasteiger partial charge on any atom is 0.416 e. The molecule has 0 unspecified atom stereocenters. The van der Waals surface area contributed by atoms with Gasteiger partial charge in [0.05, 0.1) is 24.9 Å². The average molecular weight is 428 g/mol. The summed E-state index contributed by atoms with van der Waals surface area (Å²) < 4.78 is 52.2. The summed E-state index contributed by atoms with van der Waals surface area (Å²) in [6, 6.07) is 4.57. The van der Waals surface area contributed by atoms with Crippen molar-refractivity contribution in [2.45, 2.75) is 38.6 Å². The van der Waals surface area contributed by atoms with Gasteiger partial charge < -0.3 is 24.6 Å². The van der Waals surface area contributed by atoms with Crippen LogP contribution in [0.4, 0.5) is 18.9 Å². The Kier molecular flexibility index (Phi) is 7.82. The van der Waals surface area contributed by atoms with Crippen molar-refractivity contribution < 1.29 is 22.6 Å². The summed E-state index contributed by atoms with van der Waals surface area (Å²) in [6.07, 6.45) is -2.40. The highest BCUT2D eigenvalue weighted by molar-refractivity contribution is 5.80. The molecule has 3 rings (SSSR count). The lowest BCUT2D eigenvalue weighted by Crippen LogP contribution is -2.46. The lowest BCUT2D eigenvalue weighted by atomic mass is 10.0. The zero-order chi connectivity index (χ0) is 21.6. The Balaban J connectivity index is 1.67. The maximum absolute atomic E-state index is 13.7. The van der Waals surface area contributed by atoms with E-state index in [0.29, 0.717) is 44.6 Å². The van der Waals surface area contributed by atoms with E-state index in [4.69, 9.17) is 9.47 Å². The van der Waals surface area contributed by atoms with E-state index in [1.165, 1.54) is 6.07 Å². The van der Waals surface area contributed by atoms with Gasteiger partial charge in [-0.25, -0.2) is 0 Å². The summed E-state index contributed by atoms with van der Waals surface area (Å²) in [4.78, 5) is 8.27. The van der Waals surface area contributed by atoms with E-state index in [-0.39, 0.29) is 18.2 Å². The quantitative estimate of drug-likeness (QED) is 0.577. The third-order valence-electron chi connectivity index (χ3n) is 5.57. The number of hydrogen-bond acceptors (Lipinski definition) is 4. The summed E-state index contributed by atoms with van der Waals surface area (Å²) in [5.41, 5.74) is 0.186. The molecule has 9 heteroatoms. The zero-order valence-electron chi connectivity index (χ0n) is 17.7. The Hall–Kier alpha value is -2.00. The monoisotopic (exact) mass is 428 g/mol. The number of aliphatic imine (C=N–C) groups is 1. The van der Waals surface area contributed by atoms with Crippen LogP contribution in [0.25, 0.3) is 0 Å². The Labute approximate surface area is 176 Å². The Morgan fingerprint density at radius 1 is 1.20 bits per heavy atom. The predicted molar refractivity (Wildman–Crippen MR) is 111 cm³/mol. The normalized spacial score (nSPS) is 19.3. The third-order valence-corrected chi connectivity index (χ3v) is 5.57. The van der Waals surface area contributed by atoms with Gasteiger partial charge in [-0.3, -0.25) is 4.99 Å². The highest BCUT2D eigenvalue weighted by Gasteiger charge is 2.34. The first-order valence-electron chi connectivity index (χ1n) is 10.5. The lowest BCUT2D eigenvalue weighted by Gasteiger charge is -2.34. The first-order valence-corrected chi connectivity index (χ1v) is 10.5. The van der Waals surface area contributed by atoms with Crippen LogP contribution in [0.15, 0.2) is 23.2 Å². The van der Waals surface area contributed by atoms with Gasteiger partial charge in [0.15, 0.2) is 5.96 Å². The number of nitrogens with one attached hydrogen (secondary N) is 1. The zero-order valence-corrected chi connectivity index (χ0v) is 17.7. The molecule has 1 N–H and O–H groups in total. The van der Waals surface area contributed by atoms with Crippen LogP contribution in [-0.4, -0.2) is 70.0 Å². The van der Waals surface area contributed by atoms with E-state index in [9.17, 15) is 13.2 Å². The van der Waals surface area contributed by atoms with Crippen molar-refractivity contribution in [3.8, 4) is 0 Å². The van der Waals surface area contributed by atoms with Crippen molar-refractivity contribution in [2.24, 2.45) is 4.99 Å². The van der Waals surface area contributed by atoms with E-state index in [2.05, 4.69) is 15.2 Å². The lowest BCUT2D eigenvalue weighted by molar-refractivity contribution is -0.138. The molecule has 0 spiro atoms. The largest absolute Gasteiger partial charge is 0.416 e. The number of nitrogens with zero attached hydrogens (tertiary/aromatic N) is 3. The van der Waals surface area contributed by atoms with Crippen molar-refractivity contribution in [3.63, 3.8) is 0 Å². The fourth-order valence-electron chi connectivity index (χ4n) is 3.98. The van der Waals surface area contributed by atoms with Crippen LogP contribution < -0.4 is 10.2 Å². The number of morpholine rings is 1. The van der Waals surface area contributed by atoms with Crippen LogP contribution in [0.5, 0.6) is 0 Å². The van der Waals surface area contributed by atoms with Crippen LogP contribution in [0.1, 0.15) is 30.9 Å². The standard InChI is InChI=1S/C21H31F3N4O2/c1-3-30-18-6-8-28(9-7-18)20(25-2)26-15-16-4-5-17(14-19(16)21(22,23)24)27-10-12-29-13-11-27/h4-5,14,18H,3,6-13,15H2,1-2H3,(H,25,26). The number of rotatable bonds is 5. The number of likely N-dealkylation sites (tertiary alicyclic amines) is 1. The number of anilines is 1. The molecule has 1 aromatic rings. The van der Waals surface area contributed by atoms with E-state index in [0.717, 1.165) is 25.9 Å². The molecule has 0 aromatic heterocycles. The number of benzene rings is 1. The van der Waals surface area contributed by atoms with E-state index in [1.807, 2.05) is 11.8 Å². The van der Waals surface area contributed by atoms with Crippen LogP contribution in [-0.2, 0) is 22.2 Å². The SMILES string of the molecule is CCOC1CCN(C(=NC)NCc2ccc(N3CCOCC3)cc2C(F)(F)F)CC1. The minimum atomic E-state index is -4.42. The first kappa shape index (κ1) is 22.7. The van der Waals surface area contributed by atoms with Gasteiger partial charge in [-0.15, -0.1) is 0 Å². The molecular weight excluding hydrogens is 397 g/mol. The highest BCUT2D eigenvalue weighted by Crippen LogP contribution is 2.35. The van der Waals surface area contributed by atoms with Gasteiger partial charge in [-0.1, -0.05) is 6.07 Å². The van der Waals surface area contributed by atoms with Crippen LogP contribution in [0.2, 0.25) is 0 Å². The predicted octanol–water partition coefficient (Wildman–Crippen LogP) is 3.12. The average Bonchev–Trinajstić information content (AvgIpc) is 2.75. The highest BCUT2D eigenvalue weighted by atomic mass is 19.4. The molecular formula is C21H31F3N4O2. The summed E-state index contributed by atoms with van der Waals surface area (Å²) in [7, 11) is 1.66. The summed E-state index contributed by atoms with van der Waals surface area (Å²) in [5, 5.41) is 3.12. The molecule has 1 aromatic carbocycles. The van der Waals surface area contributed by atoms with Gasteiger partial charge >= 0.3 is 6.18 Å². The Morgan fingerprint density at radius 2 is 1.90 bits per heavy atom. The molecule has 0 saturated carbocycles. The molecule has 0 bridgehead atoms. The van der Waals surface area contributed by atoms with Gasteiger partial charge in [0.25, 0.3) is 0 Å². The number of alkyl halides is 3. The fraction of sp³-hybridized carbons (Fsp3) is 0.667. The molecule has 168 valence electrons. The number of ether oxygens (including phenoxy) is 2. The molecule has 0 radical (unpaired) electrons. The van der Waals surface area contributed by atoms with Crippen LogP contribution >= 0.6 is 0 Å². The van der Waals surface area contributed by atoms with Crippen LogP contribution in [0, 0.1) is 0 Å². The summed E-state index contributed by atoms with van der Waals surface area (Å²) >= 11 is 0. The second kappa shape index (κ2) is 10.3. The molecule has 2 fully saturated rings. The van der Waals surface area contributed by atoms with E-state index >= 15 is 0 Å². The number of halogens is 3. The van der Waals surface area contributed by atoms with Crippen molar-refractivity contribution in [1.29, 1.82) is 0 Å². The van der Waals surface area contributed by atoms with Crippen LogP contribution in [0.3, 0.4) is 0 Å². The van der Waals surface area contributed by atoms with Gasteiger partial charge in [-0.05, 0) is 37.5 Å². The minimum absolute atomic E-state index is 0.0658. The topological polar surface area (TPSA) is 49.3 Å². The molecule has 2 aliphatic rings. The van der Waals surface area contributed by atoms with E-state index < -0.39 is 11.7 Å². The molecule has 0 amide bonds. The molecule has 0 aliphatic carbocycles. The van der Waals surface area contributed by atoms with Gasteiger partial charge in [-0.2, -0.15) is 13.2 Å². The maximum atomic E-state index is 13.7. The van der Waals surface area contributed by atoms with Crippen molar-refractivity contribution in [1.82, 2.24) is 10.2 Å². The van der Waals surface area contributed by atoms with Gasteiger partial charge in [0.1, 0.15) is 0 Å². The molecule has 2 saturated heterocycles. The van der Waals surface area contributed by atoms with Gasteiger partial charge in [0, 0.05) is 52.1 Å². The van der Waals surface area contributed by atoms with Gasteiger partial charge in [0.2, 0.25) is 0 Å². The molecule has 2 aliphatic heterocycles. The van der Waals surface area contributed by atoms with E-state index in [1.54, 1.807) is 19.2 Å². The Bertz CT molecular complexity index is 713. The fourth-order valence-corrected chi connectivity index (χ4v) is 3.98. The molecule has 30 heavy (non-hydrogen) atoms. The number of hydrogen-bond donors (Lipinski definition) is 1. The van der Waals surface area contributed by atoms with Crippen molar-refractivity contribution in [2.75, 3.05) is 57.9 Å². The first-order chi connectivity index (χ1) is 14.4. The molecule has 2 heterocycles. The van der Waals surface area contributed by atoms with Crippen molar-refractivity contribution in [3.05, 3.63) is 29.3 Å².